The minimum Gasteiger partial charge on any atom is -0.508 e. The third-order valence-electron chi connectivity index (χ3n) is 4.94. The molecule has 0 atom stereocenters. The van der Waals surface area contributed by atoms with E-state index in [-0.39, 0.29) is 29.7 Å². The van der Waals surface area contributed by atoms with Crippen molar-refractivity contribution in [3.05, 3.63) is 77.6 Å². The Kier molecular flexibility index (Phi) is 5.34. The maximum Gasteiger partial charge on any atom is 0.269 e. The standard InChI is InChI=1S/C23H21N3O4/c1-24-23(29)20-14-19(7-9-25-20)30-18-5-6-21-16(13-18)8-10-26(21)22(28)12-15-3-2-4-17(27)11-15/h2-7,9,11,13-14,27H,8,10,12H2,1H3,(H,24,29). The van der Waals surface area contributed by atoms with Crippen LogP contribution in [0.25, 0.3) is 0 Å². The van der Waals surface area contributed by atoms with Crippen molar-refractivity contribution in [2.24, 2.45) is 0 Å². The van der Waals surface area contributed by atoms with Gasteiger partial charge in [-0.1, -0.05) is 12.1 Å². The Morgan fingerprint density at radius 3 is 2.77 bits per heavy atom. The van der Waals surface area contributed by atoms with Crippen LogP contribution in [-0.2, 0) is 17.6 Å². The first-order valence-electron chi connectivity index (χ1n) is 9.60. The van der Waals surface area contributed by atoms with E-state index >= 15 is 0 Å². The Balaban J connectivity index is 1.48. The smallest absolute Gasteiger partial charge is 0.269 e. The number of nitrogens with zero attached hydrogens (tertiary/aromatic N) is 2. The second kappa shape index (κ2) is 8.24. The van der Waals surface area contributed by atoms with Crippen molar-refractivity contribution in [3.8, 4) is 17.2 Å². The molecule has 0 spiro atoms. The molecule has 2 N–H and O–H groups in total. The van der Waals surface area contributed by atoms with Gasteiger partial charge in [0.2, 0.25) is 5.91 Å². The van der Waals surface area contributed by atoms with Crippen molar-refractivity contribution in [2.45, 2.75) is 12.8 Å². The Labute approximate surface area is 173 Å². The quantitative estimate of drug-likeness (QED) is 0.683. The maximum atomic E-state index is 12.8. The maximum absolute atomic E-state index is 12.8. The van der Waals surface area contributed by atoms with Gasteiger partial charge in [-0.05, 0) is 53.9 Å². The van der Waals surface area contributed by atoms with E-state index in [1.165, 1.54) is 6.20 Å². The number of rotatable bonds is 5. The molecular weight excluding hydrogens is 382 g/mol. The van der Waals surface area contributed by atoms with Crippen LogP contribution in [0.3, 0.4) is 0 Å². The van der Waals surface area contributed by atoms with Crippen LogP contribution in [0.4, 0.5) is 5.69 Å². The fraction of sp³-hybridized carbons (Fsp3) is 0.174. The summed E-state index contributed by atoms with van der Waals surface area (Å²) in [6.45, 7) is 0.604. The highest BCUT2D eigenvalue weighted by Crippen LogP contribution is 2.33. The molecule has 1 aliphatic heterocycles. The zero-order valence-electron chi connectivity index (χ0n) is 16.5. The van der Waals surface area contributed by atoms with Gasteiger partial charge in [0.25, 0.3) is 5.91 Å². The number of phenols is 1. The number of phenolic OH excluding ortho intramolecular Hbond substituents is 1. The van der Waals surface area contributed by atoms with E-state index in [0.29, 0.717) is 18.0 Å². The van der Waals surface area contributed by atoms with E-state index < -0.39 is 0 Å². The summed E-state index contributed by atoms with van der Waals surface area (Å²) < 4.78 is 5.89. The SMILES string of the molecule is CNC(=O)c1cc(Oc2ccc3c(c2)CCN3C(=O)Cc2cccc(O)c2)ccn1. The molecule has 3 aromatic rings. The highest BCUT2D eigenvalue weighted by molar-refractivity contribution is 5.97. The van der Waals surface area contributed by atoms with Crippen molar-refractivity contribution in [3.63, 3.8) is 0 Å². The minimum absolute atomic E-state index is 0.0163. The van der Waals surface area contributed by atoms with Crippen LogP contribution in [0, 0.1) is 0 Å². The molecule has 0 saturated heterocycles. The first kappa shape index (κ1) is 19.4. The topological polar surface area (TPSA) is 91.8 Å². The zero-order chi connectivity index (χ0) is 21.1. The molecule has 1 aliphatic rings. The molecule has 0 aliphatic carbocycles. The number of hydrogen-bond acceptors (Lipinski definition) is 5. The van der Waals surface area contributed by atoms with E-state index in [2.05, 4.69) is 10.3 Å². The Bertz CT molecular complexity index is 1110. The molecule has 7 heteroatoms. The van der Waals surface area contributed by atoms with Crippen LogP contribution in [-0.4, -0.2) is 35.5 Å². The van der Waals surface area contributed by atoms with E-state index in [4.69, 9.17) is 4.74 Å². The number of ether oxygens (including phenoxy) is 1. The highest BCUT2D eigenvalue weighted by Gasteiger charge is 2.25. The number of anilines is 1. The number of benzene rings is 2. The number of aromatic nitrogens is 1. The van der Waals surface area contributed by atoms with Gasteiger partial charge in [0.1, 0.15) is 22.9 Å². The van der Waals surface area contributed by atoms with Gasteiger partial charge in [0, 0.05) is 31.5 Å². The van der Waals surface area contributed by atoms with Gasteiger partial charge >= 0.3 is 0 Å². The lowest BCUT2D eigenvalue weighted by Gasteiger charge is -2.18. The Morgan fingerprint density at radius 2 is 1.97 bits per heavy atom. The average Bonchev–Trinajstić information content (AvgIpc) is 3.17. The fourth-order valence-electron chi connectivity index (χ4n) is 3.50. The minimum atomic E-state index is -0.282. The summed E-state index contributed by atoms with van der Waals surface area (Å²) in [5.41, 5.74) is 2.95. The number of fused-ring (bicyclic) bond motifs is 1. The van der Waals surface area contributed by atoms with Crippen LogP contribution in [0.1, 0.15) is 21.6 Å². The first-order valence-corrected chi connectivity index (χ1v) is 9.60. The van der Waals surface area contributed by atoms with Crippen LogP contribution in [0.5, 0.6) is 17.2 Å². The van der Waals surface area contributed by atoms with Gasteiger partial charge in [-0.25, -0.2) is 0 Å². The van der Waals surface area contributed by atoms with Gasteiger partial charge in [-0.2, -0.15) is 0 Å². The summed E-state index contributed by atoms with van der Waals surface area (Å²) in [6.07, 6.45) is 2.48. The number of carbonyl (C=O) groups is 2. The molecular formula is C23H21N3O4. The number of nitrogens with one attached hydrogen (secondary N) is 1. The lowest BCUT2D eigenvalue weighted by Crippen LogP contribution is -2.30. The van der Waals surface area contributed by atoms with Gasteiger partial charge in [-0.15, -0.1) is 0 Å². The normalized spacial score (nSPS) is 12.4. The predicted molar refractivity (Wildman–Crippen MR) is 112 cm³/mol. The van der Waals surface area contributed by atoms with Crippen molar-refractivity contribution in [2.75, 3.05) is 18.5 Å². The summed E-state index contributed by atoms with van der Waals surface area (Å²) >= 11 is 0. The third kappa shape index (κ3) is 4.10. The van der Waals surface area contributed by atoms with Crippen molar-refractivity contribution < 1.29 is 19.4 Å². The molecule has 152 valence electrons. The van der Waals surface area contributed by atoms with Crippen molar-refractivity contribution in [1.82, 2.24) is 10.3 Å². The molecule has 0 radical (unpaired) electrons. The molecule has 2 aromatic carbocycles. The molecule has 30 heavy (non-hydrogen) atoms. The second-order valence-electron chi connectivity index (χ2n) is 6.99. The molecule has 1 aromatic heterocycles. The fourth-order valence-corrected chi connectivity index (χ4v) is 3.50. The number of aromatic hydroxyl groups is 1. The zero-order valence-corrected chi connectivity index (χ0v) is 16.5. The van der Waals surface area contributed by atoms with Crippen LogP contribution in [0.2, 0.25) is 0 Å². The van der Waals surface area contributed by atoms with Crippen molar-refractivity contribution in [1.29, 1.82) is 0 Å². The molecule has 7 nitrogen and oxygen atoms in total. The summed E-state index contributed by atoms with van der Waals surface area (Å²) in [5.74, 6) is 0.996. The third-order valence-corrected chi connectivity index (χ3v) is 4.94. The van der Waals surface area contributed by atoms with Gasteiger partial charge in [0.05, 0.1) is 6.42 Å². The Hall–Kier alpha value is -3.87. The predicted octanol–water partition coefficient (Wildman–Crippen LogP) is 3.07. The summed E-state index contributed by atoms with van der Waals surface area (Å²) in [7, 11) is 1.55. The van der Waals surface area contributed by atoms with E-state index in [1.807, 2.05) is 18.2 Å². The number of carbonyl (C=O) groups excluding carboxylic acids is 2. The summed E-state index contributed by atoms with van der Waals surface area (Å²) in [5, 5.41) is 12.1. The van der Waals surface area contributed by atoms with Crippen LogP contribution in [0.15, 0.2) is 60.8 Å². The molecule has 0 bridgehead atoms. The molecule has 0 saturated carbocycles. The average molecular weight is 403 g/mol. The van der Waals surface area contributed by atoms with E-state index in [9.17, 15) is 14.7 Å². The van der Waals surface area contributed by atoms with Crippen LogP contribution < -0.4 is 15.0 Å². The Morgan fingerprint density at radius 1 is 1.13 bits per heavy atom. The van der Waals surface area contributed by atoms with Crippen LogP contribution >= 0.6 is 0 Å². The monoisotopic (exact) mass is 403 g/mol. The van der Waals surface area contributed by atoms with Gasteiger partial charge in [0.15, 0.2) is 0 Å². The van der Waals surface area contributed by atoms with Gasteiger partial charge in [-0.3, -0.25) is 14.6 Å². The molecule has 4 rings (SSSR count). The number of pyridine rings is 1. The van der Waals surface area contributed by atoms with Crippen molar-refractivity contribution >= 4 is 17.5 Å². The lowest BCUT2D eigenvalue weighted by molar-refractivity contribution is -0.117. The molecule has 2 amide bonds. The number of amides is 2. The lowest BCUT2D eigenvalue weighted by atomic mass is 10.1. The number of hydrogen-bond donors (Lipinski definition) is 2. The van der Waals surface area contributed by atoms with E-state index in [1.54, 1.807) is 48.3 Å². The molecule has 2 heterocycles. The first-order chi connectivity index (χ1) is 14.5. The largest absolute Gasteiger partial charge is 0.508 e. The second-order valence-corrected chi connectivity index (χ2v) is 6.99. The summed E-state index contributed by atoms with van der Waals surface area (Å²) in [6, 6.07) is 15.6. The highest BCUT2D eigenvalue weighted by atomic mass is 16.5. The van der Waals surface area contributed by atoms with E-state index in [0.717, 1.165) is 23.2 Å². The molecule has 0 unspecified atom stereocenters. The summed E-state index contributed by atoms with van der Waals surface area (Å²) in [4.78, 5) is 30.3. The van der Waals surface area contributed by atoms with Gasteiger partial charge < -0.3 is 20.1 Å². The molecule has 0 fully saturated rings.